The van der Waals surface area contributed by atoms with Crippen molar-refractivity contribution in [1.29, 1.82) is 0 Å². The third kappa shape index (κ3) is 3.52. The summed E-state index contributed by atoms with van der Waals surface area (Å²) >= 11 is 5.80. The van der Waals surface area contributed by atoms with Gasteiger partial charge in [-0.3, -0.25) is 4.98 Å². The molecule has 1 aromatic rings. The second-order valence-corrected chi connectivity index (χ2v) is 4.30. The molecule has 1 aromatic heterocycles. The molecular formula is C11H18ClN3O. The SMILES string of the molecule is CC(C)Oc1cncc(N(C)C(C)CCl)n1. The van der Waals surface area contributed by atoms with Crippen molar-refractivity contribution in [2.45, 2.75) is 32.9 Å². The average molecular weight is 244 g/mol. The average Bonchev–Trinajstić information content (AvgIpc) is 2.26. The molecule has 0 aliphatic rings. The number of aromatic nitrogens is 2. The van der Waals surface area contributed by atoms with Crippen LogP contribution >= 0.6 is 11.6 Å². The Balaban J connectivity index is 2.81. The molecule has 0 spiro atoms. The van der Waals surface area contributed by atoms with Crippen LogP contribution in [0.5, 0.6) is 5.88 Å². The van der Waals surface area contributed by atoms with Gasteiger partial charge < -0.3 is 9.64 Å². The zero-order chi connectivity index (χ0) is 12.1. The van der Waals surface area contributed by atoms with Gasteiger partial charge in [0.05, 0.1) is 18.5 Å². The third-order valence-corrected chi connectivity index (χ3v) is 2.65. The van der Waals surface area contributed by atoms with Gasteiger partial charge in [-0.05, 0) is 20.8 Å². The van der Waals surface area contributed by atoms with Gasteiger partial charge in [-0.15, -0.1) is 11.6 Å². The van der Waals surface area contributed by atoms with Gasteiger partial charge in [0.1, 0.15) is 0 Å². The lowest BCUT2D eigenvalue weighted by Crippen LogP contribution is -2.31. The van der Waals surface area contributed by atoms with Crippen molar-refractivity contribution in [2.24, 2.45) is 0 Å². The molecule has 0 saturated carbocycles. The van der Waals surface area contributed by atoms with Gasteiger partial charge in [0.25, 0.3) is 0 Å². The van der Waals surface area contributed by atoms with E-state index in [1.165, 1.54) is 0 Å². The van der Waals surface area contributed by atoms with E-state index >= 15 is 0 Å². The van der Waals surface area contributed by atoms with Crippen LogP contribution in [0.4, 0.5) is 5.82 Å². The Labute approximate surface area is 102 Å². The van der Waals surface area contributed by atoms with Crippen molar-refractivity contribution in [3.05, 3.63) is 12.4 Å². The molecule has 1 atom stereocenters. The fourth-order valence-corrected chi connectivity index (χ4v) is 1.34. The van der Waals surface area contributed by atoms with Crippen molar-refractivity contribution in [3.63, 3.8) is 0 Å². The fourth-order valence-electron chi connectivity index (χ4n) is 1.14. The van der Waals surface area contributed by atoms with Gasteiger partial charge in [-0.25, -0.2) is 0 Å². The monoisotopic (exact) mass is 243 g/mol. The molecule has 0 aromatic carbocycles. The Kier molecular flexibility index (Phi) is 4.80. The molecule has 0 amide bonds. The molecule has 1 unspecified atom stereocenters. The molecule has 5 heteroatoms. The van der Waals surface area contributed by atoms with Crippen LogP contribution in [-0.4, -0.2) is 35.0 Å². The van der Waals surface area contributed by atoms with E-state index in [0.29, 0.717) is 11.8 Å². The van der Waals surface area contributed by atoms with Gasteiger partial charge in [-0.2, -0.15) is 4.98 Å². The molecule has 90 valence electrons. The summed E-state index contributed by atoms with van der Waals surface area (Å²) in [5, 5.41) is 0. The number of nitrogens with zero attached hydrogens (tertiary/aromatic N) is 3. The van der Waals surface area contributed by atoms with Crippen LogP contribution in [0.2, 0.25) is 0 Å². The number of halogens is 1. The fraction of sp³-hybridized carbons (Fsp3) is 0.636. The summed E-state index contributed by atoms with van der Waals surface area (Å²) in [4.78, 5) is 10.4. The van der Waals surface area contributed by atoms with Crippen LogP contribution in [0.3, 0.4) is 0 Å². The van der Waals surface area contributed by atoms with Crippen LogP contribution in [-0.2, 0) is 0 Å². The Morgan fingerprint density at radius 1 is 1.38 bits per heavy atom. The standard InChI is InChI=1S/C11H18ClN3O/c1-8(2)16-11-7-13-6-10(14-11)15(4)9(3)5-12/h6-9H,5H2,1-4H3. The highest BCUT2D eigenvalue weighted by Gasteiger charge is 2.11. The summed E-state index contributed by atoms with van der Waals surface area (Å²) in [6.45, 7) is 5.95. The van der Waals surface area contributed by atoms with Crippen molar-refractivity contribution in [1.82, 2.24) is 9.97 Å². The van der Waals surface area contributed by atoms with Crippen LogP contribution in [0.25, 0.3) is 0 Å². The number of hydrogen-bond donors (Lipinski definition) is 0. The van der Waals surface area contributed by atoms with Gasteiger partial charge in [0, 0.05) is 19.0 Å². The largest absolute Gasteiger partial charge is 0.474 e. The van der Waals surface area contributed by atoms with Crippen molar-refractivity contribution >= 4 is 17.4 Å². The Morgan fingerprint density at radius 3 is 2.62 bits per heavy atom. The molecule has 0 N–H and O–H groups in total. The molecule has 1 heterocycles. The maximum absolute atomic E-state index is 5.80. The molecular weight excluding hydrogens is 226 g/mol. The number of anilines is 1. The first-order valence-corrected chi connectivity index (χ1v) is 5.85. The highest BCUT2D eigenvalue weighted by atomic mass is 35.5. The van der Waals surface area contributed by atoms with Crippen molar-refractivity contribution < 1.29 is 4.74 Å². The molecule has 0 saturated heterocycles. The lowest BCUT2D eigenvalue weighted by molar-refractivity contribution is 0.231. The summed E-state index contributed by atoms with van der Waals surface area (Å²) < 4.78 is 5.49. The quantitative estimate of drug-likeness (QED) is 0.744. The maximum atomic E-state index is 5.80. The second kappa shape index (κ2) is 5.89. The highest BCUT2D eigenvalue weighted by Crippen LogP contribution is 2.16. The lowest BCUT2D eigenvalue weighted by atomic mass is 10.3. The minimum absolute atomic E-state index is 0.0975. The number of hydrogen-bond acceptors (Lipinski definition) is 4. The number of rotatable bonds is 5. The minimum Gasteiger partial charge on any atom is -0.474 e. The summed E-state index contributed by atoms with van der Waals surface area (Å²) in [5.74, 6) is 1.86. The van der Waals surface area contributed by atoms with E-state index in [2.05, 4.69) is 9.97 Å². The molecule has 0 radical (unpaired) electrons. The molecule has 4 nitrogen and oxygen atoms in total. The Bertz CT molecular complexity index is 333. The zero-order valence-corrected chi connectivity index (χ0v) is 10.9. The first-order chi connectivity index (χ1) is 7.54. The third-order valence-electron chi connectivity index (χ3n) is 2.20. The maximum Gasteiger partial charge on any atom is 0.234 e. The van der Waals surface area contributed by atoms with Crippen LogP contribution in [0.15, 0.2) is 12.4 Å². The van der Waals surface area contributed by atoms with Crippen LogP contribution in [0.1, 0.15) is 20.8 Å². The van der Waals surface area contributed by atoms with E-state index in [4.69, 9.17) is 16.3 Å². The molecule has 16 heavy (non-hydrogen) atoms. The first-order valence-electron chi connectivity index (χ1n) is 5.32. The Morgan fingerprint density at radius 2 is 2.06 bits per heavy atom. The summed E-state index contributed by atoms with van der Waals surface area (Å²) in [7, 11) is 1.94. The van der Waals surface area contributed by atoms with Crippen molar-refractivity contribution in [3.8, 4) is 5.88 Å². The molecule has 1 rings (SSSR count). The minimum atomic E-state index is 0.0975. The smallest absolute Gasteiger partial charge is 0.234 e. The van der Waals surface area contributed by atoms with Gasteiger partial charge in [-0.1, -0.05) is 0 Å². The van der Waals surface area contributed by atoms with Gasteiger partial charge in [0.2, 0.25) is 5.88 Å². The van der Waals surface area contributed by atoms with Crippen LogP contribution in [0, 0.1) is 0 Å². The van der Waals surface area contributed by atoms with E-state index in [-0.39, 0.29) is 12.1 Å². The van der Waals surface area contributed by atoms with Crippen LogP contribution < -0.4 is 9.64 Å². The summed E-state index contributed by atoms with van der Waals surface area (Å²) in [6, 6.07) is 0.213. The highest BCUT2D eigenvalue weighted by molar-refractivity contribution is 6.18. The van der Waals surface area contributed by atoms with E-state index in [1.807, 2.05) is 32.7 Å². The summed E-state index contributed by atoms with van der Waals surface area (Å²) in [5.41, 5.74) is 0. The second-order valence-electron chi connectivity index (χ2n) is 4.00. The van der Waals surface area contributed by atoms with Gasteiger partial charge in [0.15, 0.2) is 5.82 Å². The normalized spacial score (nSPS) is 12.6. The number of alkyl halides is 1. The zero-order valence-electron chi connectivity index (χ0n) is 10.1. The predicted molar refractivity (Wildman–Crippen MR) is 66.4 cm³/mol. The Hall–Kier alpha value is -1.03. The predicted octanol–water partition coefficient (Wildman–Crippen LogP) is 2.33. The van der Waals surface area contributed by atoms with E-state index in [9.17, 15) is 0 Å². The first kappa shape index (κ1) is 13.0. The molecule has 0 aliphatic carbocycles. The topological polar surface area (TPSA) is 38.2 Å². The van der Waals surface area contributed by atoms with E-state index in [0.717, 1.165) is 5.82 Å². The number of ether oxygens (including phenoxy) is 1. The summed E-state index contributed by atoms with van der Waals surface area (Å²) in [6.07, 6.45) is 3.42. The molecule has 0 fully saturated rings. The molecule has 0 bridgehead atoms. The van der Waals surface area contributed by atoms with E-state index in [1.54, 1.807) is 12.4 Å². The van der Waals surface area contributed by atoms with E-state index < -0.39 is 0 Å². The lowest BCUT2D eigenvalue weighted by Gasteiger charge is -2.24. The molecule has 0 aliphatic heterocycles. The van der Waals surface area contributed by atoms with Crippen molar-refractivity contribution in [2.75, 3.05) is 17.8 Å². The van der Waals surface area contributed by atoms with Gasteiger partial charge >= 0.3 is 0 Å².